The molecule has 0 aliphatic rings. The quantitative estimate of drug-likeness (QED) is 0.411. The summed E-state index contributed by atoms with van der Waals surface area (Å²) in [6.45, 7) is 6.10. The molecule has 0 unspecified atom stereocenters. The molecule has 0 aliphatic heterocycles. The lowest BCUT2D eigenvalue weighted by Gasteiger charge is -2.04. The van der Waals surface area contributed by atoms with Gasteiger partial charge < -0.3 is 15.3 Å². The summed E-state index contributed by atoms with van der Waals surface area (Å²) in [6, 6.07) is 0. The highest BCUT2D eigenvalue weighted by molar-refractivity contribution is 5.33. The van der Waals surface area contributed by atoms with Crippen molar-refractivity contribution in [2.45, 2.75) is 0 Å². The number of aliphatic hydroxyl groups is 3. The van der Waals surface area contributed by atoms with Crippen molar-refractivity contribution in [3.8, 4) is 0 Å². The van der Waals surface area contributed by atoms with Crippen molar-refractivity contribution in [3.63, 3.8) is 0 Å². The molecular formula is C8H12O3. The van der Waals surface area contributed by atoms with Crippen LogP contribution in [0.5, 0.6) is 0 Å². The van der Waals surface area contributed by atoms with Gasteiger partial charge in [0.2, 0.25) is 0 Å². The highest BCUT2D eigenvalue weighted by atomic mass is 16.3. The third-order valence-corrected chi connectivity index (χ3v) is 1.25. The van der Waals surface area contributed by atoms with Crippen LogP contribution < -0.4 is 0 Å². The van der Waals surface area contributed by atoms with Crippen LogP contribution in [0.4, 0.5) is 0 Å². The average molecular weight is 156 g/mol. The fraction of sp³-hybridized carbons (Fsp3) is 0.250. The smallest absolute Gasteiger partial charge is 0.125 e. The summed E-state index contributed by atoms with van der Waals surface area (Å²) in [7, 11) is 0. The predicted molar refractivity (Wildman–Crippen MR) is 43.2 cm³/mol. The van der Waals surface area contributed by atoms with E-state index in [1.807, 2.05) is 0 Å². The summed E-state index contributed by atoms with van der Waals surface area (Å²) >= 11 is 0. The van der Waals surface area contributed by atoms with E-state index in [0.717, 1.165) is 0 Å². The van der Waals surface area contributed by atoms with Crippen LogP contribution in [0.3, 0.4) is 0 Å². The van der Waals surface area contributed by atoms with E-state index in [-0.39, 0.29) is 30.1 Å². The molecular weight excluding hydrogens is 144 g/mol. The molecule has 0 aromatic rings. The van der Waals surface area contributed by atoms with Gasteiger partial charge >= 0.3 is 0 Å². The van der Waals surface area contributed by atoms with Crippen molar-refractivity contribution in [1.29, 1.82) is 0 Å². The Balaban J connectivity index is 4.60. The van der Waals surface area contributed by atoms with Gasteiger partial charge in [-0.2, -0.15) is 0 Å². The molecule has 62 valence electrons. The first-order valence-corrected chi connectivity index (χ1v) is 3.11. The molecule has 0 atom stereocenters. The minimum Gasteiger partial charge on any atom is -0.507 e. The Labute approximate surface area is 65.6 Å². The van der Waals surface area contributed by atoms with Crippen LogP contribution in [0.15, 0.2) is 36.1 Å². The summed E-state index contributed by atoms with van der Waals surface area (Å²) in [5.74, 6) is -0.190. The first-order chi connectivity index (χ1) is 5.17. The van der Waals surface area contributed by atoms with Gasteiger partial charge in [-0.25, -0.2) is 0 Å². The highest BCUT2D eigenvalue weighted by Crippen LogP contribution is 2.09. The molecule has 0 amide bonds. The Kier molecular flexibility index (Phi) is 4.26. The van der Waals surface area contributed by atoms with Gasteiger partial charge in [0, 0.05) is 11.1 Å². The summed E-state index contributed by atoms with van der Waals surface area (Å²) < 4.78 is 0. The SMILES string of the molecule is C=C/C(CO)=C(/O)C(=C)CO. The standard InChI is InChI=1S/C8H12O3/c1-3-7(5-10)8(11)6(2)4-9/h3,9-11H,1-2,4-5H2/b8-7-. The third-order valence-electron chi connectivity index (χ3n) is 1.25. The van der Waals surface area contributed by atoms with Crippen molar-refractivity contribution in [3.05, 3.63) is 36.1 Å². The van der Waals surface area contributed by atoms with Crippen LogP contribution in [0.1, 0.15) is 0 Å². The minimum absolute atomic E-state index is 0.175. The van der Waals surface area contributed by atoms with Gasteiger partial charge in [-0.15, -0.1) is 0 Å². The van der Waals surface area contributed by atoms with E-state index in [0.29, 0.717) is 0 Å². The first kappa shape index (κ1) is 9.94. The third kappa shape index (κ3) is 2.57. The van der Waals surface area contributed by atoms with Crippen LogP contribution in [-0.4, -0.2) is 28.5 Å². The van der Waals surface area contributed by atoms with E-state index in [9.17, 15) is 0 Å². The van der Waals surface area contributed by atoms with Crippen molar-refractivity contribution in [1.82, 2.24) is 0 Å². The topological polar surface area (TPSA) is 60.7 Å². The van der Waals surface area contributed by atoms with E-state index in [2.05, 4.69) is 13.2 Å². The fourth-order valence-corrected chi connectivity index (χ4v) is 0.538. The van der Waals surface area contributed by atoms with Gasteiger partial charge in [-0.05, 0) is 0 Å². The van der Waals surface area contributed by atoms with Gasteiger partial charge in [0.25, 0.3) is 0 Å². The molecule has 0 heterocycles. The maximum atomic E-state index is 9.17. The van der Waals surface area contributed by atoms with Gasteiger partial charge in [0.15, 0.2) is 0 Å². The zero-order valence-electron chi connectivity index (χ0n) is 6.25. The Bertz CT molecular complexity index is 192. The van der Waals surface area contributed by atoms with E-state index < -0.39 is 0 Å². The molecule has 0 saturated heterocycles. The van der Waals surface area contributed by atoms with Crippen LogP contribution in [-0.2, 0) is 0 Å². The van der Waals surface area contributed by atoms with Crippen molar-refractivity contribution < 1.29 is 15.3 Å². The minimum atomic E-state index is -0.330. The highest BCUT2D eigenvalue weighted by Gasteiger charge is 2.03. The molecule has 0 saturated carbocycles. The maximum Gasteiger partial charge on any atom is 0.125 e. The lowest BCUT2D eigenvalue weighted by atomic mass is 10.1. The zero-order chi connectivity index (χ0) is 8.85. The van der Waals surface area contributed by atoms with Crippen LogP contribution in [0.2, 0.25) is 0 Å². The van der Waals surface area contributed by atoms with Gasteiger partial charge in [0.05, 0.1) is 13.2 Å². The van der Waals surface area contributed by atoms with Crippen molar-refractivity contribution >= 4 is 0 Å². The fourth-order valence-electron chi connectivity index (χ4n) is 0.538. The number of rotatable bonds is 4. The lowest BCUT2D eigenvalue weighted by molar-refractivity contribution is 0.301. The molecule has 0 aromatic heterocycles. The lowest BCUT2D eigenvalue weighted by Crippen LogP contribution is -1.99. The summed E-state index contributed by atoms with van der Waals surface area (Å²) in [5.41, 5.74) is 0.443. The molecule has 0 bridgehead atoms. The number of aliphatic hydroxyl groups excluding tert-OH is 3. The second-order valence-electron chi connectivity index (χ2n) is 2.00. The maximum absolute atomic E-state index is 9.17. The molecule has 0 aromatic carbocycles. The van der Waals surface area contributed by atoms with Crippen LogP contribution >= 0.6 is 0 Å². The van der Waals surface area contributed by atoms with E-state index in [1.54, 1.807) is 0 Å². The molecule has 0 spiro atoms. The monoisotopic (exact) mass is 156 g/mol. The first-order valence-electron chi connectivity index (χ1n) is 3.11. The molecule has 11 heavy (non-hydrogen) atoms. The van der Waals surface area contributed by atoms with Gasteiger partial charge in [-0.3, -0.25) is 0 Å². The predicted octanol–water partition coefficient (Wildman–Crippen LogP) is 0.525. The van der Waals surface area contributed by atoms with E-state index in [4.69, 9.17) is 15.3 Å². The van der Waals surface area contributed by atoms with E-state index in [1.165, 1.54) is 6.08 Å². The Hall–Kier alpha value is -1.06. The van der Waals surface area contributed by atoms with Gasteiger partial charge in [-0.1, -0.05) is 19.2 Å². The molecule has 3 heteroatoms. The second kappa shape index (κ2) is 4.71. The molecule has 0 rings (SSSR count). The number of hydrogen-bond acceptors (Lipinski definition) is 3. The normalized spacial score (nSPS) is 12.2. The summed E-state index contributed by atoms with van der Waals surface area (Å²) in [5, 5.41) is 26.3. The largest absolute Gasteiger partial charge is 0.507 e. The zero-order valence-corrected chi connectivity index (χ0v) is 6.25. The molecule has 0 radical (unpaired) electrons. The molecule has 3 nitrogen and oxygen atoms in total. The molecule has 3 N–H and O–H groups in total. The number of hydrogen-bond donors (Lipinski definition) is 3. The molecule has 0 aliphatic carbocycles. The van der Waals surface area contributed by atoms with Gasteiger partial charge in [0.1, 0.15) is 5.76 Å². The summed E-state index contributed by atoms with van der Waals surface area (Å²) in [4.78, 5) is 0. The Morgan fingerprint density at radius 3 is 2.09 bits per heavy atom. The second-order valence-corrected chi connectivity index (χ2v) is 2.00. The van der Waals surface area contributed by atoms with E-state index >= 15 is 0 Å². The van der Waals surface area contributed by atoms with Crippen molar-refractivity contribution in [2.75, 3.05) is 13.2 Å². The Morgan fingerprint density at radius 1 is 1.27 bits per heavy atom. The summed E-state index contributed by atoms with van der Waals surface area (Å²) in [6.07, 6.45) is 1.32. The average Bonchev–Trinajstić information content (AvgIpc) is 2.05. The van der Waals surface area contributed by atoms with Crippen molar-refractivity contribution in [2.24, 2.45) is 0 Å². The molecule has 0 fully saturated rings. The van der Waals surface area contributed by atoms with Crippen LogP contribution in [0, 0.1) is 0 Å². The van der Waals surface area contributed by atoms with Crippen LogP contribution in [0.25, 0.3) is 0 Å². The Morgan fingerprint density at radius 2 is 1.82 bits per heavy atom.